The summed E-state index contributed by atoms with van der Waals surface area (Å²) >= 11 is 0. The Morgan fingerprint density at radius 1 is 1.08 bits per heavy atom. The number of aliphatic hydroxyl groups excluding tert-OH is 1. The second kappa shape index (κ2) is 3.95. The third kappa shape index (κ3) is 2.42. The first kappa shape index (κ1) is 9.44. The van der Waals surface area contributed by atoms with E-state index < -0.39 is 0 Å². The Kier molecular flexibility index (Phi) is 2.86. The van der Waals surface area contributed by atoms with Gasteiger partial charge in [0.25, 0.3) is 0 Å². The maximum absolute atomic E-state index is 9.14. The Balaban J connectivity index is 1.69. The van der Waals surface area contributed by atoms with Gasteiger partial charge in [-0.05, 0) is 32.1 Å². The average molecular weight is 184 g/mol. The van der Waals surface area contributed by atoms with Crippen molar-refractivity contribution < 1.29 is 5.11 Å². The normalized spacial score (nSPS) is 45.7. The lowest BCUT2D eigenvalue weighted by Gasteiger charge is -2.37. The molecular formula is C10H20N2O. The Morgan fingerprint density at radius 3 is 2.46 bits per heavy atom. The summed E-state index contributed by atoms with van der Waals surface area (Å²) in [5.41, 5.74) is 5.90. The highest BCUT2D eigenvalue weighted by Gasteiger charge is 2.30. The highest BCUT2D eigenvalue weighted by molar-refractivity contribution is 4.89. The van der Waals surface area contributed by atoms with E-state index in [-0.39, 0.29) is 6.10 Å². The fraction of sp³-hybridized carbons (Fsp3) is 1.00. The van der Waals surface area contributed by atoms with Gasteiger partial charge in [0.15, 0.2) is 0 Å². The molecule has 0 saturated heterocycles. The molecule has 0 bridgehead atoms. The van der Waals surface area contributed by atoms with Crippen molar-refractivity contribution in [2.75, 3.05) is 0 Å². The monoisotopic (exact) mass is 184 g/mol. The second-order valence-electron chi connectivity index (χ2n) is 4.61. The number of nitrogens with two attached hydrogens (primary N) is 1. The van der Waals surface area contributed by atoms with Crippen LogP contribution in [-0.2, 0) is 0 Å². The van der Waals surface area contributed by atoms with Gasteiger partial charge in [0.1, 0.15) is 0 Å². The van der Waals surface area contributed by atoms with Crippen LogP contribution in [0.4, 0.5) is 0 Å². The summed E-state index contributed by atoms with van der Waals surface area (Å²) in [4.78, 5) is 0. The zero-order chi connectivity index (χ0) is 9.26. The Morgan fingerprint density at radius 2 is 1.85 bits per heavy atom. The SMILES string of the molecule is NC1CCCC(NC2CC(O)C2)C1. The second-order valence-corrected chi connectivity index (χ2v) is 4.61. The molecule has 0 aromatic rings. The van der Waals surface area contributed by atoms with Gasteiger partial charge in [0.2, 0.25) is 0 Å². The van der Waals surface area contributed by atoms with Crippen molar-refractivity contribution in [3.05, 3.63) is 0 Å². The summed E-state index contributed by atoms with van der Waals surface area (Å²) in [6, 6.07) is 1.57. The van der Waals surface area contributed by atoms with Gasteiger partial charge in [-0.3, -0.25) is 0 Å². The highest BCUT2D eigenvalue weighted by atomic mass is 16.3. The topological polar surface area (TPSA) is 58.3 Å². The molecule has 4 N–H and O–H groups in total. The smallest absolute Gasteiger partial charge is 0.0570 e. The van der Waals surface area contributed by atoms with E-state index in [1.807, 2.05) is 0 Å². The van der Waals surface area contributed by atoms with Crippen LogP contribution in [0, 0.1) is 0 Å². The van der Waals surface area contributed by atoms with Crippen molar-refractivity contribution in [1.29, 1.82) is 0 Å². The molecule has 0 amide bonds. The van der Waals surface area contributed by atoms with Crippen LogP contribution < -0.4 is 11.1 Å². The molecule has 2 atom stereocenters. The lowest BCUT2D eigenvalue weighted by atomic mass is 9.86. The summed E-state index contributed by atoms with van der Waals surface area (Å²) < 4.78 is 0. The van der Waals surface area contributed by atoms with Gasteiger partial charge in [-0.1, -0.05) is 6.42 Å². The molecule has 0 aromatic carbocycles. The van der Waals surface area contributed by atoms with Crippen LogP contribution in [0.25, 0.3) is 0 Å². The first-order valence-electron chi connectivity index (χ1n) is 5.43. The lowest BCUT2D eigenvalue weighted by Crippen LogP contribution is -2.50. The molecule has 3 nitrogen and oxygen atoms in total. The summed E-state index contributed by atoms with van der Waals surface area (Å²) in [5, 5.41) is 12.7. The van der Waals surface area contributed by atoms with Gasteiger partial charge in [-0.25, -0.2) is 0 Å². The molecule has 2 fully saturated rings. The molecule has 0 radical (unpaired) electrons. The molecule has 13 heavy (non-hydrogen) atoms. The predicted octanol–water partition coefficient (Wildman–Crippen LogP) is 0.369. The van der Waals surface area contributed by atoms with Crippen LogP contribution in [-0.4, -0.2) is 29.3 Å². The fourth-order valence-corrected chi connectivity index (χ4v) is 2.44. The third-order valence-electron chi connectivity index (χ3n) is 3.30. The van der Waals surface area contributed by atoms with Crippen molar-refractivity contribution in [2.24, 2.45) is 5.73 Å². The third-order valence-corrected chi connectivity index (χ3v) is 3.30. The van der Waals surface area contributed by atoms with Gasteiger partial charge in [-0.15, -0.1) is 0 Å². The lowest BCUT2D eigenvalue weighted by molar-refractivity contribution is 0.0548. The van der Waals surface area contributed by atoms with E-state index in [1.54, 1.807) is 0 Å². The summed E-state index contributed by atoms with van der Waals surface area (Å²) in [5.74, 6) is 0. The molecule has 3 heteroatoms. The minimum atomic E-state index is -0.0465. The van der Waals surface area contributed by atoms with Gasteiger partial charge >= 0.3 is 0 Å². The van der Waals surface area contributed by atoms with E-state index in [1.165, 1.54) is 19.3 Å². The van der Waals surface area contributed by atoms with Crippen LogP contribution in [0.2, 0.25) is 0 Å². The molecule has 0 spiro atoms. The van der Waals surface area contributed by atoms with Crippen LogP contribution in [0.15, 0.2) is 0 Å². The maximum atomic E-state index is 9.14. The molecule has 0 heterocycles. The van der Waals surface area contributed by atoms with Crippen LogP contribution in [0.1, 0.15) is 38.5 Å². The number of hydrogen-bond donors (Lipinski definition) is 3. The minimum Gasteiger partial charge on any atom is -0.393 e. The van der Waals surface area contributed by atoms with Crippen molar-refractivity contribution >= 4 is 0 Å². The van der Waals surface area contributed by atoms with Gasteiger partial charge in [0, 0.05) is 18.1 Å². The van der Waals surface area contributed by atoms with Crippen molar-refractivity contribution in [3.8, 4) is 0 Å². The Hall–Kier alpha value is -0.120. The number of nitrogens with one attached hydrogen (secondary N) is 1. The maximum Gasteiger partial charge on any atom is 0.0570 e. The Bertz CT molecular complexity index is 168. The molecule has 2 aliphatic carbocycles. The number of aliphatic hydroxyl groups is 1. The fourth-order valence-electron chi connectivity index (χ4n) is 2.44. The molecule has 76 valence electrons. The Labute approximate surface area is 79.7 Å². The number of rotatable bonds is 2. The van der Waals surface area contributed by atoms with E-state index in [4.69, 9.17) is 10.8 Å². The van der Waals surface area contributed by atoms with Crippen molar-refractivity contribution in [1.82, 2.24) is 5.32 Å². The minimum absolute atomic E-state index is 0.0465. The van der Waals surface area contributed by atoms with Crippen molar-refractivity contribution in [3.63, 3.8) is 0 Å². The van der Waals surface area contributed by atoms with Crippen LogP contribution in [0.3, 0.4) is 0 Å². The standard InChI is InChI=1S/C10H20N2O/c11-7-2-1-3-8(4-7)12-9-5-10(13)6-9/h7-10,12-13H,1-6,11H2. The predicted molar refractivity (Wildman–Crippen MR) is 52.4 cm³/mol. The number of hydrogen-bond acceptors (Lipinski definition) is 3. The largest absolute Gasteiger partial charge is 0.393 e. The zero-order valence-corrected chi connectivity index (χ0v) is 8.08. The van der Waals surface area contributed by atoms with E-state index in [2.05, 4.69) is 5.32 Å². The summed E-state index contributed by atoms with van der Waals surface area (Å²) in [7, 11) is 0. The van der Waals surface area contributed by atoms with Gasteiger partial charge < -0.3 is 16.2 Å². The first-order valence-corrected chi connectivity index (χ1v) is 5.43. The zero-order valence-electron chi connectivity index (χ0n) is 8.08. The summed E-state index contributed by atoms with van der Waals surface area (Å²) in [6.45, 7) is 0. The first-order chi connectivity index (χ1) is 6.24. The van der Waals surface area contributed by atoms with Crippen molar-refractivity contribution in [2.45, 2.75) is 62.8 Å². The molecule has 2 rings (SSSR count). The molecule has 2 aliphatic rings. The van der Waals surface area contributed by atoms with E-state index in [0.29, 0.717) is 18.1 Å². The molecular weight excluding hydrogens is 164 g/mol. The van der Waals surface area contributed by atoms with Crippen LogP contribution in [0.5, 0.6) is 0 Å². The summed E-state index contributed by atoms with van der Waals surface area (Å²) in [6.07, 6.45) is 6.65. The quantitative estimate of drug-likeness (QED) is 0.581. The average Bonchev–Trinajstić information content (AvgIpc) is 2.01. The van der Waals surface area contributed by atoms with E-state index in [0.717, 1.165) is 19.3 Å². The van der Waals surface area contributed by atoms with E-state index in [9.17, 15) is 0 Å². The van der Waals surface area contributed by atoms with Crippen LogP contribution >= 0.6 is 0 Å². The van der Waals surface area contributed by atoms with E-state index >= 15 is 0 Å². The molecule has 0 aliphatic heterocycles. The highest BCUT2D eigenvalue weighted by Crippen LogP contribution is 2.23. The molecule has 2 unspecified atom stereocenters. The molecule has 2 saturated carbocycles. The van der Waals surface area contributed by atoms with Gasteiger partial charge in [0.05, 0.1) is 6.10 Å². The van der Waals surface area contributed by atoms with Gasteiger partial charge in [-0.2, -0.15) is 0 Å². The molecule has 0 aromatic heterocycles.